The van der Waals surface area contributed by atoms with Crippen LogP contribution in [0.3, 0.4) is 0 Å². The van der Waals surface area contributed by atoms with Gasteiger partial charge in [-0.25, -0.2) is 0 Å². The Hall–Kier alpha value is -1.26. The maximum atomic E-state index is 12.7. The summed E-state index contributed by atoms with van der Waals surface area (Å²) < 4.78 is 5.11. The summed E-state index contributed by atoms with van der Waals surface area (Å²) in [7, 11) is 1.64. The molecule has 1 amide bonds. The Morgan fingerprint density at radius 3 is 2.85 bits per heavy atom. The van der Waals surface area contributed by atoms with Gasteiger partial charge in [0.05, 0.1) is 22.9 Å². The standard InChI is InChI=1S/C15H21ClN2O2/c1-10(11-6-7-11)18(8-9-20-2)15(19)12-4-3-5-13(17)14(12)16/h3-5,10-11H,6-9,17H2,1-2H3. The first-order valence-corrected chi connectivity index (χ1v) is 7.28. The van der Waals surface area contributed by atoms with Crippen LogP contribution < -0.4 is 5.73 Å². The Balaban J connectivity index is 2.22. The van der Waals surface area contributed by atoms with Crippen LogP contribution in [0.2, 0.25) is 5.02 Å². The SMILES string of the molecule is COCCN(C(=O)c1cccc(N)c1Cl)C(C)C1CC1. The zero-order valence-electron chi connectivity index (χ0n) is 11.9. The number of nitrogen functional groups attached to an aromatic ring is 1. The summed E-state index contributed by atoms with van der Waals surface area (Å²) in [4.78, 5) is 14.6. The smallest absolute Gasteiger partial charge is 0.255 e. The van der Waals surface area contributed by atoms with Gasteiger partial charge in [0, 0.05) is 19.7 Å². The number of nitrogens with zero attached hydrogens (tertiary/aromatic N) is 1. The van der Waals surface area contributed by atoms with Gasteiger partial charge in [0.15, 0.2) is 0 Å². The van der Waals surface area contributed by atoms with E-state index in [1.54, 1.807) is 25.3 Å². The van der Waals surface area contributed by atoms with Crippen LogP contribution >= 0.6 is 11.6 Å². The maximum Gasteiger partial charge on any atom is 0.255 e. The molecule has 0 aromatic heterocycles. The number of hydrogen-bond donors (Lipinski definition) is 1. The Morgan fingerprint density at radius 2 is 2.25 bits per heavy atom. The second kappa shape index (κ2) is 6.46. The van der Waals surface area contributed by atoms with Crippen molar-refractivity contribution in [2.75, 3.05) is 26.0 Å². The minimum Gasteiger partial charge on any atom is -0.398 e. The molecule has 1 aliphatic rings. The fraction of sp³-hybridized carbons (Fsp3) is 0.533. The number of carbonyl (C=O) groups is 1. The molecule has 1 aromatic rings. The van der Waals surface area contributed by atoms with Crippen LogP contribution in [0.25, 0.3) is 0 Å². The van der Waals surface area contributed by atoms with E-state index in [0.29, 0.717) is 35.3 Å². The Labute approximate surface area is 124 Å². The van der Waals surface area contributed by atoms with Gasteiger partial charge in [0.2, 0.25) is 0 Å². The van der Waals surface area contributed by atoms with Crippen molar-refractivity contribution in [3.05, 3.63) is 28.8 Å². The lowest BCUT2D eigenvalue weighted by molar-refractivity contribution is 0.0595. The summed E-state index contributed by atoms with van der Waals surface area (Å²) in [5, 5.41) is 0.336. The van der Waals surface area contributed by atoms with E-state index in [0.717, 1.165) is 0 Å². The van der Waals surface area contributed by atoms with Crippen molar-refractivity contribution in [2.45, 2.75) is 25.8 Å². The number of carbonyl (C=O) groups excluding carboxylic acids is 1. The van der Waals surface area contributed by atoms with Crippen molar-refractivity contribution in [3.63, 3.8) is 0 Å². The summed E-state index contributed by atoms with van der Waals surface area (Å²) in [5.41, 5.74) is 6.68. The molecule has 4 nitrogen and oxygen atoms in total. The topological polar surface area (TPSA) is 55.6 Å². The molecule has 1 aliphatic carbocycles. The molecular weight excluding hydrogens is 276 g/mol. The van der Waals surface area contributed by atoms with Gasteiger partial charge in [-0.05, 0) is 37.8 Å². The first kappa shape index (κ1) is 15.1. The predicted molar refractivity (Wildman–Crippen MR) is 81.0 cm³/mol. The third-order valence-electron chi connectivity index (χ3n) is 3.85. The van der Waals surface area contributed by atoms with Crippen LogP contribution in [0.1, 0.15) is 30.1 Å². The third kappa shape index (κ3) is 3.25. The van der Waals surface area contributed by atoms with Crippen LogP contribution in [-0.2, 0) is 4.74 Å². The summed E-state index contributed by atoms with van der Waals surface area (Å²) in [5.74, 6) is 0.523. The summed E-state index contributed by atoms with van der Waals surface area (Å²) in [6, 6.07) is 5.38. The van der Waals surface area contributed by atoms with E-state index >= 15 is 0 Å². The normalized spacial score (nSPS) is 15.9. The maximum absolute atomic E-state index is 12.7. The average molecular weight is 297 g/mol. The fourth-order valence-electron chi connectivity index (χ4n) is 2.38. The number of ether oxygens (including phenoxy) is 1. The van der Waals surface area contributed by atoms with Gasteiger partial charge in [-0.2, -0.15) is 0 Å². The third-order valence-corrected chi connectivity index (χ3v) is 4.27. The summed E-state index contributed by atoms with van der Waals surface area (Å²) >= 11 is 6.16. The molecule has 0 saturated heterocycles. The van der Waals surface area contributed by atoms with Crippen molar-refractivity contribution in [2.24, 2.45) is 5.92 Å². The van der Waals surface area contributed by atoms with E-state index in [2.05, 4.69) is 6.92 Å². The molecular formula is C15H21ClN2O2. The van der Waals surface area contributed by atoms with E-state index in [9.17, 15) is 4.79 Å². The van der Waals surface area contributed by atoms with Gasteiger partial charge in [-0.3, -0.25) is 4.79 Å². The van der Waals surface area contributed by atoms with Gasteiger partial charge in [0.25, 0.3) is 5.91 Å². The number of amides is 1. The second-order valence-electron chi connectivity index (χ2n) is 5.28. The van der Waals surface area contributed by atoms with Gasteiger partial charge >= 0.3 is 0 Å². The van der Waals surface area contributed by atoms with Crippen molar-refractivity contribution in [3.8, 4) is 0 Å². The molecule has 1 saturated carbocycles. The number of hydrogen-bond acceptors (Lipinski definition) is 3. The number of benzene rings is 1. The molecule has 1 unspecified atom stereocenters. The van der Waals surface area contributed by atoms with Crippen LogP contribution in [0.15, 0.2) is 18.2 Å². The Morgan fingerprint density at radius 1 is 1.55 bits per heavy atom. The molecule has 2 N–H and O–H groups in total. The van der Waals surface area contributed by atoms with Gasteiger partial charge in [-0.1, -0.05) is 17.7 Å². The Kier molecular flexibility index (Phi) is 4.89. The first-order chi connectivity index (χ1) is 9.56. The summed E-state index contributed by atoms with van der Waals surface area (Å²) in [6.07, 6.45) is 2.37. The van der Waals surface area contributed by atoms with Crippen molar-refractivity contribution in [1.82, 2.24) is 4.90 Å². The molecule has 1 fully saturated rings. The highest BCUT2D eigenvalue weighted by molar-refractivity contribution is 6.36. The minimum atomic E-state index is -0.0706. The molecule has 5 heteroatoms. The predicted octanol–water partition coefficient (Wildman–Crippen LogP) is 2.81. The van der Waals surface area contributed by atoms with Crippen molar-refractivity contribution >= 4 is 23.2 Å². The van der Waals surface area contributed by atoms with E-state index in [1.165, 1.54) is 12.8 Å². The van der Waals surface area contributed by atoms with E-state index < -0.39 is 0 Å². The zero-order valence-corrected chi connectivity index (χ0v) is 12.7. The minimum absolute atomic E-state index is 0.0706. The number of nitrogens with two attached hydrogens (primary N) is 1. The van der Waals surface area contributed by atoms with Crippen LogP contribution in [0.4, 0.5) is 5.69 Å². The molecule has 1 atom stereocenters. The molecule has 0 aliphatic heterocycles. The molecule has 0 spiro atoms. The highest BCUT2D eigenvalue weighted by Crippen LogP contribution is 2.36. The lowest BCUT2D eigenvalue weighted by Gasteiger charge is -2.29. The monoisotopic (exact) mass is 296 g/mol. The first-order valence-electron chi connectivity index (χ1n) is 6.90. The molecule has 2 rings (SSSR count). The zero-order chi connectivity index (χ0) is 14.7. The van der Waals surface area contributed by atoms with Crippen LogP contribution in [0, 0.1) is 5.92 Å². The van der Waals surface area contributed by atoms with Gasteiger partial charge in [0.1, 0.15) is 0 Å². The highest BCUT2D eigenvalue weighted by atomic mass is 35.5. The van der Waals surface area contributed by atoms with Gasteiger partial charge < -0.3 is 15.4 Å². The van der Waals surface area contributed by atoms with Crippen LogP contribution in [0.5, 0.6) is 0 Å². The highest BCUT2D eigenvalue weighted by Gasteiger charge is 2.35. The second-order valence-corrected chi connectivity index (χ2v) is 5.66. The van der Waals surface area contributed by atoms with E-state index in [-0.39, 0.29) is 11.9 Å². The van der Waals surface area contributed by atoms with E-state index in [4.69, 9.17) is 22.1 Å². The van der Waals surface area contributed by atoms with Crippen molar-refractivity contribution in [1.29, 1.82) is 0 Å². The van der Waals surface area contributed by atoms with Gasteiger partial charge in [-0.15, -0.1) is 0 Å². The molecule has 20 heavy (non-hydrogen) atoms. The largest absolute Gasteiger partial charge is 0.398 e. The van der Waals surface area contributed by atoms with E-state index in [1.807, 2.05) is 4.90 Å². The average Bonchev–Trinajstić information content (AvgIpc) is 3.26. The fourth-order valence-corrected chi connectivity index (χ4v) is 2.59. The molecule has 0 radical (unpaired) electrons. The number of halogens is 1. The molecule has 0 bridgehead atoms. The molecule has 1 aromatic carbocycles. The molecule has 0 heterocycles. The number of anilines is 1. The quantitative estimate of drug-likeness (QED) is 0.821. The Bertz CT molecular complexity index is 489. The summed E-state index contributed by atoms with van der Waals surface area (Å²) in [6.45, 7) is 3.17. The van der Waals surface area contributed by atoms with Crippen LogP contribution in [-0.4, -0.2) is 37.1 Å². The lowest BCUT2D eigenvalue weighted by Crippen LogP contribution is -2.42. The number of rotatable bonds is 6. The molecule has 110 valence electrons. The number of methoxy groups -OCH3 is 1. The lowest BCUT2D eigenvalue weighted by atomic mass is 10.1. The van der Waals surface area contributed by atoms with Crippen molar-refractivity contribution < 1.29 is 9.53 Å².